The van der Waals surface area contributed by atoms with Gasteiger partial charge in [0.25, 0.3) is 0 Å². The van der Waals surface area contributed by atoms with Crippen molar-refractivity contribution in [3.63, 3.8) is 0 Å². The Morgan fingerprint density at radius 2 is 2.50 bits per heavy atom. The van der Waals surface area contributed by atoms with Crippen molar-refractivity contribution in [3.05, 3.63) is 18.0 Å². The summed E-state index contributed by atoms with van der Waals surface area (Å²) < 4.78 is 1.92. The first kappa shape index (κ1) is 8.48. The van der Waals surface area contributed by atoms with Crippen LogP contribution >= 0.6 is 0 Å². The van der Waals surface area contributed by atoms with Crippen LogP contribution in [0.3, 0.4) is 0 Å². The largest absolute Gasteiger partial charge is 0.316 e. The molecule has 14 heavy (non-hydrogen) atoms. The topological polar surface area (TPSA) is 29.9 Å². The van der Waals surface area contributed by atoms with Crippen molar-refractivity contribution in [1.29, 1.82) is 0 Å². The molecule has 2 heterocycles. The maximum absolute atomic E-state index is 4.25. The van der Waals surface area contributed by atoms with Crippen LogP contribution in [-0.2, 0) is 7.05 Å². The number of rotatable bonds is 1. The standard InChI is InChI=1S/C11H17N3/c1-14-7-9(5-13-14)10-4-8-2-3-12-6-11(8)10/h5,7-8,10-12H,2-4,6H2,1H3/t8-,10+,11-/m0/s1. The summed E-state index contributed by atoms with van der Waals surface area (Å²) in [6.07, 6.45) is 6.98. The van der Waals surface area contributed by atoms with Gasteiger partial charge in [-0.2, -0.15) is 5.10 Å². The van der Waals surface area contributed by atoms with Crippen LogP contribution in [0.4, 0.5) is 0 Å². The maximum Gasteiger partial charge on any atom is 0.0524 e. The van der Waals surface area contributed by atoms with Crippen LogP contribution in [0.25, 0.3) is 0 Å². The molecule has 0 radical (unpaired) electrons. The Hall–Kier alpha value is -0.830. The zero-order chi connectivity index (χ0) is 9.54. The van der Waals surface area contributed by atoms with E-state index in [1.165, 1.54) is 31.5 Å². The second-order valence-electron chi connectivity index (χ2n) is 4.71. The van der Waals surface area contributed by atoms with Crippen molar-refractivity contribution in [2.45, 2.75) is 18.8 Å². The van der Waals surface area contributed by atoms with E-state index in [-0.39, 0.29) is 0 Å². The Kier molecular flexibility index (Phi) is 1.87. The summed E-state index contributed by atoms with van der Waals surface area (Å²) in [5, 5.41) is 7.75. The fraction of sp³-hybridized carbons (Fsp3) is 0.727. The predicted octanol–water partition coefficient (Wildman–Crippen LogP) is 1.13. The number of aryl methyl sites for hydroxylation is 1. The molecule has 1 aliphatic carbocycles. The molecule has 3 nitrogen and oxygen atoms in total. The van der Waals surface area contributed by atoms with Gasteiger partial charge in [-0.15, -0.1) is 0 Å². The number of fused-ring (bicyclic) bond motifs is 1. The average Bonchev–Trinajstić information content (AvgIpc) is 2.54. The van der Waals surface area contributed by atoms with Gasteiger partial charge in [0.1, 0.15) is 0 Å². The Morgan fingerprint density at radius 3 is 3.21 bits per heavy atom. The van der Waals surface area contributed by atoms with Crippen LogP contribution in [-0.4, -0.2) is 22.9 Å². The summed E-state index contributed by atoms with van der Waals surface area (Å²) in [6.45, 7) is 2.44. The van der Waals surface area contributed by atoms with Gasteiger partial charge in [-0.05, 0) is 49.2 Å². The minimum atomic E-state index is 0.779. The molecular formula is C11H17N3. The molecule has 0 unspecified atom stereocenters. The van der Waals surface area contributed by atoms with Crippen LogP contribution in [0, 0.1) is 11.8 Å². The Bertz CT molecular complexity index is 331. The molecule has 2 aliphatic rings. The number of hydrogen-bond acceptors (Lipinski definition) is 2. The van der Waals surface area contributed by atoms with Gasteiger partial charge in [-0.1, -0.05) is 0 Å². The highest BCUT2D eigenvalue weighted by atomic mass is 15.2. The van der Waals surface area contributed by atoms with E-state index in [2.05, 4.69) is 16.6 Å². The van der Waals surface area contributed by atoms with Gasteiger partial charge >= 0.3 is 0 Å². The van der Waals surface area contributed by atoms with Gasteiger partial charge in [-0.25, -0.2) is 0 Å². The van der Waals surface area contributed by atoms with E-state index in [9.17, 15) is 0 Å². The van der Waals surface area contributed by atoms with E-state index in [4.69, 9.17) is 0 Å². The van der Waals surface area contributed by atoms with E-state index in [1.54, 1.807) is 0 Å². The molecule has 1 aliphatic heterocycles. The van der Waals surface area contributed by atoms with Crippen LogP contribution in [0.2, 0.25) is 0 Å². The molecule has 1 aromatic heterocycles. The second kappa shape index (κ2) is 3.09. The van der Waals surface area contributed by atoms with Crippen LogP contribution in [0.1, 0.15) is 24.3 Å². The van der Waals surface area contributed by atoms with Crippen molar-refractivity contribution >= 4 is 0 Å². The molecule has 0 spiro atoms. The van der Waals surface area contributed by atoms with Crippen LogP contribution in [0.15, 0.2) is 12.4 Å². The highest BCUT2D eigenvalue weighted by molar-refractivity contribution is 5.18. The Balaban J connectivity index is 1.76. The van der Waals surface area contributed by atoms with E-state index < -0.39 is 0 Å². The first-order chi connectivity index (χ1) is 6.84. The summed E-state index contributed by atoms with van der Waals surface area (Å²) >= 11 is 0. The maximum atomic E-state index is 4.25. The lowest BCUT2D eigenvalue weighted by Crippen LogP contribution is -2.47. The molecule has 0 aromatic carbocycles. The lowest BCUT2D eigenvalue weighted by atomic mass is 9.60. The third-order valence-electron chi connectivity index (χ3n) is 3.90. The van der Waals surface area contributed by atoms with Gasteiger partial charge in [0.05, 0.1) is 6.20 Å². The molecule has 0 bridgehead atoms. The van der Waals surface area contributed by atoms with Gasteiger partial charge in [0.2, 0.25) is 0 Å². The molecule has 1 N–H and O–H groups in total. The summed E-state index contributed by atoms with van der Waals surface area (Å²) in [4.78, 5) is 0. The fourth-order valence-corrected chi connectivity index (χ4v) is 3.02. The molecule has 2 fully saturated rings. The van der Waals surface area contributed by atoms with E-state index in [1.807, 2.05) is 17.9 Å². The number of piperidine rings is 1. The van der Waals surface area contributed by atoms with E-state index in [0.717, 1.165) is 17.8 Å². The van der Waals surface area contributed by atoms with Crippen molar-refractivity contribution in [2.75, 3.05) is 13.1 Å². The van der Waals surface area contributed by atoms with Crippen LogP contribution in [0.5, 0.6) is 0 Å². The molecule has 1 aromatic rings. The minimum absolute atomic E-state index is 0.779. The van der Waals surface area contributed by atoms with Crippen molar-refractivity contribution in [2.24, 2.45) is 18.9 Å². The third-order valence-corrected chi connectivity index (χ3v) is 3.90. The summed E-state index contributed by atoms with van der Waals surface area (Å²) in [5.41, 5.74) is 1.44. The van der Waals surface area contributed by atoms with Gasteiger partial charge < -0.3 is 5.32 Å². The summed E-state index contributed by atoms with van der Waals surface area (Å²) in [6, 6.07) is 0. The lowest BCUT2D eigenvalue weighted by molar-refractivity contribution is 0.0933. The number of nitrogens with one attached hydrogen (secondary N) is 1. The van der Waals surface area contributed by atoms with Gasteiger partial charge in [0.15, 0.2) is 0 Å². The molecular weight excluding hydrogens is 174 g/mol. The Labute approximate surface area is 84.5 Å². The van der Waals surface area contributed by atoms with Crippen molar-refractivity contribution < 1.29 is 0 Å². The molecule has 3 heteroatoms. The number of aromatic nitrogens is 2. The monoisotopic (exact) mass is 191 g/mol. The number of nitrogens with zero attached hydrogens (tertiary/aromatic N) is 2. The molecule has 0 amide bonds. The molecule has 3 rings (SSSR count). The fourth-order valence-electron chi connectivity index (χ4n) is 3.02. The first-order valence-electron chi connectivity index (χ1n) is 5.54. The van der Waals surface area contributed by atoms with Crippen molar-refractivity contribution in [1.82, 2.24) is 15.1 Å². The highest BCUT2D eigenvalue weighted by Gasteiger charge is 2.42. The summed E-state index contributed by atoms with van der Waals surface area (Å²) in [7, 11) is 2.00. The molecule has 76 valence electrons. The quantitative estimate of drug-likeness (QED) is 0.721. The van der Waals surface area contributed by atoms with Gasteiger partial charge in [0, 0.05) is 13.2 Å². The van der Waals surface area contributed by atoms with E-state index >= 15 is 0 Å². The average molecular weight is 191 g/mol. The normalized spacial score (nSPS) is 36.2. The molecule has 3 atom stereocenters. The second-order valence-corrected chi connectivity index (χ2v) is 4.71. The smallest absolute Gasteiger partial charge is 0.0524 e. The van der Waals surface area contributed by atoms with Crippen LogP contribution < -0.4 is 5.32 Å². The predicted molar refractivity (Wildman–Crippen MR) is 55.0 cm³/mol. The highest BCUT2D eigenvalue weighted by Crippen LogP contribution is 2.49. The molecule has 1 saturated heterocycles. The minimum Gasteiger partial charge on any atom is -0.316 e. The van der Waals surface area contributed by atoms with E-state index in [0.29, 0.717) is 0 Å². The van der Waals surface area contributed by atoms with Gasteiger partial charge in [-0.3, -0.25) is 4.68 Å². The first-order valence-corrected chi connectivity index (χ1v) is 5.54. The number of hydrogen-bond donors (Lipinski definition) is 1. The lowest BCUT2D eigenvalue weighted by Gasteiger charge is -2.48. The molecule has 1 saturated carbocycles. The zero-order valence-electron chi connectivity index (χ0n) is 8.61. The zero-order valence-corrected chi connectivity index (χ0v) is 8.61. The Morgan fingerprint density at radius 1 is 1.57 bits per heavy atom. The van der Waals surface area contributed by atoms with Crippen molar-refractivity contribution in [3.8, 4) is 0 Å². The summed E-state index contributed by atoms with van der Waals surface area (Å²) in [5.74, 6) is 2.65. The SMILES string of the molecule is Cn1cc([C@H]2C[C@@H]3CCNC[C@@H]32)cn1. The third kappa shape index (κ3) is 1.19.